The molecule has 7 nitrogen and oxygen atoms in total. The smallest absolute Gasteiger partial charge is 0.348 e. The number of rotatable bonds is 5. The number of ether oxygens (including phenoxy) is 1. The molecule has 162 valence electrons. The number of hydrogen-bond donors (Lipinski definition) is 1. The van der Waals surface area contributed by atoms with Gasteiger partial charge in [-0.15, -0.1) is 11.3 Å². The van der Waals surface area contributed by atoms with Crippen LogP contribution >= 0.6 is 11.3 Å². The molecule has 4 rings (SSSR count). The van der Waals surface area contributed by atoms with E-state index in [4.69, 9.17) is 9.72 Å². The van der Waals surface area contributed by atoms with Crippen molar-refractivity contribution >= 4 is 39.2 Å². The lowest BCUT2D eigenvalue weighted by Gasteiger charge is -2.33. The van der Waals surface area contributed by atoms with Crippen LogP contribution < -0.4 is 10.2 Å². The Morgan fingerprint density at radius 3 is 2.50 bits per heavy atom. The minimum Gasteiger partial charge on any atom is -0.465 e. The highest BCUT2D eigenvalue weighted by Gasteiger charge is 2.27. The minimum absolute atomic E-state index is 0.206. The lowest BCUT2D eigenvalue weighted by atomic mass is 10.0. The fraction of sp³-hybridized carbons (Fsp3) is 0.636. The first-order valence-electron chi connectivity index (χ1n) is 10.9. The molecule has 1 aliphatic carbocycles. The molecule has 2 fully saturated rings. The molecule has 2 aromatic heterocycles. The molecule has 3 heterocycles. The predicted molar refractivity (Wildman–Crippen MR) is 118 cm³/mol. The van der Waals surface area contributed by atoms with E-state index in [0.717, 1.165) is 47.5 Å². The Bertz CT molecular complexity index is 943. The number of methoxy groups -OCH3 is 1. The number of amides is 1. The normalized spacial score (nSPS) is 18.2. The highest BCUT2D eigenvalue weighted by molar-refractivity contribution is 7.20. The Kier molecular flexibility index (Phi) is 6.22. The Labute approximate surface area is 181 Å². The van der Waals surface area contributed by atoms with Crippen LogP contribution in [0.2, 0.25) is 0 Å². The topological polar surface area (TPSA) is 84.4 Å². The quantitative estimate of drug-likeness (QED) is 0.727. The SMILES string of the molecule is COC(=O)c1sc2nc(C)nc(N3CCC(NC(=O)CC4CCCC4)CC3)c2c1C. The van der Waals surface area contributed by atoms with Gasteiger partial charge in [0.05, 0.1) is 12.5 Å². The van der Waals surface area contributed by atoms with E-state index < -0.39 is 0 Å². The van der Waals surface area contributed by atoms with Crippen LogP contribution in [0, 0.1) is 19.8 Å². The van der Waals surface area contributed by atoms with Gasteiger partial charge in [0.15, 0.2) is 0 Å². The third-order valence-electron chi connectivity index (χ3n) is 6.36. The van der Waals surface area contributed by atoms with Gasteiger partial charge in [-0.3, -0.25) is 4.79 Å². The standard InChI is InChI=1S/C22H30N4O3S/c1-13-18-20(23-14(2)24-21(18)30-19(13)22(28)29-3)26-10-8-16(9-11-26)25-17(27)12-15-6-4-5-7-15/h15-16H,4-12H2,1-3H3,(H,25,27). The second-order valence-corrected chi connectivity index (χ2v) is 9.50. The van der Waals surface area contributed by atoms with Crippen LogP contribution in [-0.2, 0) is 9.53 Å². The third-order valence-corrected chi connectivity index (χ3v) is 7.53. The zero-order valence-electron chi connectivity index (χ0n) is 18.0. The summed E-state index contributed by atoms with van der Waals surface area (Å²) in [4.78, 5) is 37.5. The second-order valence-electron chi connectivity index (χ2n) is 8.51. The van der Waals surface area contributed by atoms with Gasteiger partial charge in [0.1, 0.15) is 21.3 Å². The van der Waals surface area contributed by atoms with Gasteiger partial charge >= 0.3 is 5.97 Å². The molecule has 1 saturated heterocycles. The number of carbonyl (C=O) groups is 2. The Morgan fingerprint density at radius 1 is 1.13 bits per heavy atom. The monoisotopic (exact) mass is 430 g/mol. The van der Waals surface area contributed by atoms with Crippen molar-refractivity contribution in [3.05, 3.63) is 16.3 Å². The number of piperidine rings is 1. The van der Waals surface area contributed by atoms with Crippen LogP contribution in [0.4, 0.5) is 5.82 Å². The minimum atomic E-state index is -0.331. The van der Waals surface area contributed by atoms with E-state index in [2.05, 4.69) is 15.2 Å². The molecule has 1 amide bonds. The van der Waals surface area contributed by atoms with Crippen molar-refractivity contribution in [1.82, 2.24) is 15.3 Å². The number of carbonyl (C=O) groups excluding carboxylic acids is 2. The summed E-state index contributed by atoms with van der Waals surface area (Å²) in [7, 11) is 1.40. The molecule has 0 atom stereocenters. The highest BCUT2D eigenvalue weighted by Crippen LogP contribution is 2.36. The molecule has 0 spiro atoms. The van der Waals surface area contributed by atoms with Gasteiger partial charge in [-0.1, -0.05) is 12.8 Å². The molecule has 0 radical (unpaired) electrons. The fourth-order valence-electron chi connectivity index (χ4n) is 4.74. The van der Waals surface area contributed by atoms with Gasteiger partial charge in [-0.25, -0.2) is 14.8 Å². The lowest BCUT2D eigenvalue weighted by Crippen LogP contribution is -2.45. The predicted octanol–water partition coefficient (Wildman–Crippen LogP) is 3.76. The summed E-state index contributed by atoms with van der Waals surface area (Å²) < 4.78 is 4.93. The van der Waals surface area contributed by atoms with Crippen molar-refractivity contribution in [2.24, 2.45) is 5.92 Å². The van der Waals surface area contributed by atoms with Gasteiger partial charge in [0.25, 0.3) is 0 Å². The van der Waals surface area contributed by atoms with Crippen LogP contribution in [0.25, 0.3) is 10.2 Å². The number of hydrogen-bond acceptors (Lipinski definition) is 7. The van der Waals surface area contributed by atoms with Crippen molar-refractivity contribution in [2.75, 3.05) is 25.1 Å². The first-order valence-corrected chi connectivity index (χ1v) is 11.7. The largest absolute Gasteiger partial charge is 0.465 e. The van der Waals surface area contributed by atoms with Crippen molar-refractivity contribution in [3.8, 4) is 0 Å². The Balaban J connectivity index is 1.45. The number of aromatic nitrogens is 2. The van der Waals surface area contributed by atoms with Crippen LogP contribution in [0.3, 0.4) is 0 Å². The van der Waals surface area contributed by atoms with Crippen LogP contribution in [0.5, 0.6) is 0 Å². The number of fused-ring (bicyclic) bond motifs is 1. The zero-order chi connectivity index (χ0) is 21.3. The molecule has 2 aromatic rings. The van der Waals surface area contributed by atoms with Crippen molar-refractivity contribution in [2.45, 2.75) is 64.8 Å². The number of anilines is 1. The summed E-state index contributed by atoms with van der Waals surface area (Å²) in [6, 6.07) is 0.225. The number of thiophene rings is 1. The maximum Gasteiger partial charge on any atom is 0.348 e. The third kappa shape index (κ3) is 4.29. The highest BCUT2D eigenvalue weighted by atomic mass is 32.1. The van der Waals surface area contributed by atoms with E-state index in [1.54, 1.807) is 0 Å². The first-order chi connectivity index (χ1) is 14.5. The van der Waals surface area contributed by atoms with Gasteiger partial charge in [0, 0.05) is 25.6 Å². The summed E-state index contributed by atoms with van der Waals surface area (Å²) in [5.74, 6) is 2.03. The summed E-state index contributed by atoms with van der Waals surface area (Å²) in [6.07, 6.45) is 7.40. The number of esters is 1. The summed E-state index contributed by atoms with van der Waals surface area (Å²) in [6.45, 7) is 5.46. The molecular formula is C22H30N4O3S. The fourth-order valence-corrected chi connectivity index (χ4v) is 5.88. The average Bonchev–Trinajstić information content (AvgIpc) is 3.35. The van der Waals surface area contributed by atoms with E-state index >= 15 is 0 Å². The first kappa shape index (κ1) is 21.0. The number of aryl methyl sites for hydroxylation is 2. The molecule has 1 aliphatic heterocycles. The van der Waals surface area contributed by atoms with Crippen molar-refractivity contribution in [3.63, 3.8) is 0 Å². The second kappa shape index (κ2) is 8.88. The van der Waals surface area contributed by atoms with E-state index in [-0.39, 0.29) is 17.9 Å². The molecule has 1 N–H and O–H groups in total. The average molecular weight is 431 g/mol. The Morgan fingerprint density at radius 2 is 1.83 bits per heavy atom. The zero-order valence-corrected chi connectivity index (χ0v) is 18.8. The molecule has 8 heteroatoms. The maximum absolute atomic E-state index is 12.4. The van der Waals surface area contributed by atoms with Crippen molar-refractivity contribution in [1.29, 1.82) is 0 Å². The van der Waals surface area contributed by atoms with E-state index in [9.17, 15) is 9.59 Å². The lowest BCUT2D eigenvalue weighted by molar-refractivity contribution is -0.122. The van der Waals surface area contributed by atoms with Gasteiger partial charge in [-0.2, -0.15) is 0 Å². The van der Waals surface area contributed by atoms with Crippen molar-refractivity contribution < 1.29 is 14.3 Å². The molecule has 0 unspecified atom stereocenters. The number of nitrogens with one attached hydrogen (secondary N) is 1. The van der Waals surface area contributed by atoms with Gasteiger partial charge < -0.3 is 15.0 Å². The molecule has 0 bridgehead atoms. The summed E-state index contributed by atoms with van der Waals surface area (Å²) in [5.41, 5.74) is 0.879. The van der Waals surface area contributed by atoms with Gasteiger partial charge in [-0.05, 0) is 51.0 Å². The molecule has 2 aliphatic rings. The maximum atomic E-state index is 12.4. The van der Waals surface area contributed by atoms with Gasteiger partial charge in [0.2, 0.25) is 5.91 Å². The Hall–Kier alpha value is -2.22. The number of nitrogens with zero attached hydrogens (tertiary/aromatic N) is 3. The summed E-state index contributed by atoms with van der Waals surface area (Å²) >= 11 is 1.36. The van der Waals surface area contributed by atoms with Crippen LogP contribution in [0.15, 0.2) is 0 Å². The molecule has 1 saturated carbocycles. The summed E-state index contributed by atoms with van der Waals surface area (Å²) in [5, 5.41) is 4.19. The van der Waals surface area contributed by atoms with E-state index in [1.165, 1.54) is 44.1 Å². The van der Waals surface area contributed by atoms with Crippen LogP contribution in [0.1, 0.15) is 66.0 Å². The van der Waals surface area contributed by atoms with E-state index in [0.29, 0.717) is 23.0 Å². The van der Waals surface area contributed by atoms with E-state index in [1.807, 2.05) is 13.8 Å². The molecular weight excluding hydrogens is 400 g/mol. The molecule has 0 aromatic carbocycles. The van der Waals surface area contributed by atoms with Crippen LogP contribution in [-0.4, -0.2) is 48.1 Å². The molecule has 30 heavy (non-hydrogen) atoms.